The van der Waals surface area contributed by atoms with E-state index < -0.39 is 0 Å². The number of benzene rings is 1. The van der Waals surface area contributed by atoms with Gasteiger partial charge in [0.25, 0.3) is 5.91 Å². The van der Waals surface area contributed by atoms with E-state index in [1.54, 1.807) is 10.9 Å². The van der Waals surface area contributed by atoms with Gasteiger partial charge >= 0.3 is 0 Å². The Morgan fingerprint density at radius 2 is 2.12 bits per heavy atom. The molecular weight excluding hydrogens is 320 g/mol. The fourth-order valence-electron chi connectivity index (χ4n) is 2.30. The number of carbonyl (C=O) groups excluding carboxylic acids is 1. The Morgan fingerprint density at radius 1 is 1.33 bits per heavy atom. The second-order valence-corrected chi connectivity index (χ2v) is 6.31. The van der Waals surface area contributed by atoms with Gasteiger partial charge in [-0.1, -0.05) is 23.8 Å². The third kappa shape index (κ3) is 3.53. The molecule has 1 N–H and O–H groups in total. The van der Waals surface area contributed by atoms with Crippen LogP contribution in [0.15, 0.2) is 48.0 Å². The van der Waals surface area contributed by atoms with Crippen LogP contribution in [0, 0.1) is 18.3 Å². The Kier molecular flexibility index (Phi) is 4.73. The molecule has 0 saturated carbocycles. The van der Waals surface area contributed by atoms with E-state index in [2.05, 4.69) is 16.5 Å². The average molecular weight is 336 g/mol. The van der Waals surface area contributed by atoms with Crippen molar-refractivity contribution in [3.8, 4) is 16.6 Å². The first-order valence-electron chi connectivity index (χ1n) is 7.53. The van der Waals surface area contributed by atoms with E-state index in [9.17, 15) is 4.79 Å². The first kappa shape index (κ1) is 16.0. The van der Waals surface area contributed by atoms with Gasteiger partial charge in [0.05, 0.1) is 29.5 Å². The van der Waals surface area contributed by atoms with Crippen LogP contribution >= 0.6 is 11.3 Å². The zero-order chi connectivity index (χ0) is 16.9. The minimum atomic E-state index is -0.203. The second kappa shape index (κ2) is 7.11. The Hall–Kier alpha value is -2.91. The minimum absolute atomic E-state index is 0.203. The van der Waals surface area contributed by atoms with Crippen molar-refractivity contribution in [2.45, 2.75) is 19.9 Å². The number of hydrogen-bond donors (Lipinski definition) is 1. The Bertz CT molecular complexity index is 873. The van der Waals surface area contributed by atoms with Crippen LogP contribution in [0.5, 0.6) is 0 Å². The highest BCUT2D eigenvalue weighted by atomic mass is 32.1. The minimum Gasteiger partial charge on any atom is -0.322 e. The molecule has 6 heteroatoms. The number of nitriles is 1. The summed E-state index contributed by atoms with van der Waals surface area (Å²) in [6.45, 7) is 2.46. The summed E-state index contributed by atoms with van der Waals surface area (Å²) in [5.41, 5.74) is 3.03. The van der Waals surface area contributed by atoms with Crippen LogP contribution in [-0.2, 0) is 6.54 Å². The van der Waals surface area contributed by atoms with Crippen LogP contribution in [-0.4, -0.2) is 15.7 Å². The SMILES string of the molecule is Cc1ccc(NC(=O)c2cn(CCC#N)nc2-c2cccs2)cc1. The average Bonchev–Trinajstić information content (AvgIpc) is 3.24. The second-order valence-electron chi connectivity index (χ2n) is 5.36. The summed E-state index contributed by atoms with van der Waals surface area (Å²) in [5.74, 6) is -0.203. The van der Waals surface area contributed by atoms with Gasteiger partial charge in [0.2, 0.25) is 0 Å². The summed E-state index contributed by atoms with van der Waals surface area (Å²) in [6.07, 6.45) is 2.06. The summed E-state index contributed by atoms with van der Waals surface area (Å²) >= 11 is 1.53. The lowest BCUT2D eigenvalue weighted by atomic mass is 10.2. The number of aromatic nitrogens is 2. The third-order valence-corrected chi connectivity index (χ3v) is 4.40. The lowest BCUT2D eigenvalue weighted by Crippen LogP contribution is -2.12. The molecule has 24 heavy (non-hydrogen) atoms. The maximum Gasteiger partial charge on any atom is 0.259 e. The number of hydrogen-bond acceptors (Lipinski definition) is 4. The normalized spacial score (nSPS) is 10.3. The van der Waals surface area contributed by atoms with Crippen molar-refractivity contribution in [2.75, 3.05) is 5.32 Å². The monoisotopic (exact) mass is 336 g/mol. The number of anilines is 1. The molecule has 0 bridgehead atoms. The van der Waals surface area contributed by atoms with Gasteiger partial charge in [0.15, 0.2) is 0 Å². The van der Waals surface area contributed by atoms with Crippen LogP contribution in [0.4, 0.5) is 5.69 Å². The quantitative estimate of drug-likeness (QED) is 0.763. The largest absolute Gasteiger partial charge is 0.322 e. The Labute approximate surface area is 144 Å². The zero-order valence-corrected chi connectivity index (χ0v) is 14.0. The highest BCUT2D eigenvalue weighted by Gasteiger charge is 2.18. The molecule has 5 nitrogen and oxygen atoms in total. The highest BCUT2D eigenvalue weighted by molar-refractivity contribution is 7.13. The van der Waals surface area contributed by atoms with Crippen molar-refractivity contribution in [3.63, 3.8) is 0 Å². The lowest BCUT2D eigenvalue weighted by molar-refractivity contribution is 0.102. The molecule has 3 rings (SSSR count). The molecule has 1 aromatic carbocycles. The molecule has 120 valence electrons. The molecule has 3 aromatic rings. The van der Waals surface area contributed by atoms with E-state index in [4.69, 9.17) is 5.26 Å². The lowest BCUT2D eigenvalue weighted by Gasteiger charge is -2.05. The number of amides is 1. The van der Waals surface area contributed by atoms with Crippen LogP contribution in [0.25, 0.3) is 10.6 Å². The molecule has 0 atom stereocenters. The standard InChI is InChI=1S/C18H16N4OS/c1-13-5-7-14(8-6-13)20-18(23)15-12-22(10-3-9-19)21-17(15)16-4-2-11-24-16/h2,4-8,11-12H,3,10H2,1H3,(H,20,23). The first-order chi connectivity index (χ1) is 11.7. The van der Waals surface area contributed by atoms with Crippen LogP contribution in [0.3, 0.4) is 0 Å². The fourth-order valence-corrected chi connectivity index (χ4v) is 3.02. The van der Waals surface area contributed by atoms with E-state index in [0.29, 0.717) is 24.2 Å². The summed E-state index contributed by atoms with van der Waals surface area (Å²) in [5, 5.41) is 18.1. The number of rotatable bonds is 5. The fraction of sp³-hybridized carbons (Fsp3) is 0.167. The van der Waals surface area contributed by atoms with Gasteiger partial charge in [0.1, 0.15) is 5.69 Å². The van der Waals surface area contributed by atoms with Gasteiger partial charge in [-0.15, -0.1) is 11.3 Å². The zero-order valence-electron chi connectivity index (χ0n) is 13.2. The summed E-state index contributed by atoms with van der Waals surface area (Å²) in [4.78, 5) is 13.6. The van der Waals surface area contributed by atoms with Crippen LogP contribution in [0.1, 0.15) is 22.3 Å². The van der Waals surface area contributed by atoms with Gasteiger partial charge in [-0.25, -0.2) is 0 Å². The van der Waals surface area contributed by atoms with Crippen molar-refractivity contribution < 1.29 is 4.79 Å². The van der Waals surface area contributed by atoms with Crippen molar-refractivity contribution in [1.29, 1.82) is 5.26 Å². The molecule has 0 spiro atoms. The summed E-state index contributed by atoms with van der Waals surface area (Å²) in [7, 11) is 0. The molecule has 0 unspecified atom stereocenters. The predicted molar refractivity (Wildman–Crippen MR) is 94.9 cm³/mol. The Morgan fingerprint density at radius 3 is 2.79 bits per heavy atom. The van der Waals surface area contributed by atoms with Crippen molar-refractivity contribution in [1.82, 2.24) is 9.78 Å². The molecule has 0 radical (unpaired) electrons. The number of thiophene rings is 1. The predicted octanol–water partition coefficient (Wildman–Crippen LogP) is 4.09. The first-order valence-corrected chi connectivity index (χ1v) is 8.41. The van der Waals surface area contributed by atoms with Gasteiger partial charge in [-0.3, -0.25) is 9.48 Å². The summed E-state index contributed by atoms with van der Waals surface area (Å²) < 4.78 is 1.66. The Balaban J connectivity index is 1.90. The maximum atomic E-state index is 12.7. The van der Waals surface area contributed by atoms with Gasteiger partial charge in [0, 0.05) is 11.9 Å². The maximum absolute atomic E-state index is 12.7. The van der Waals surface area contributed by atoms with Gasteiger partial charge in [-0.05, 0) is 30.5 Å². The highest BCUT2D eigenvalue weighted by Crippen LogP contribution is 2.27. The van der Waals surface area contributed by atoms with Crippen molar-refractivity contribution in [3.05, 3.63) is 59.1 Å². The van der Waals surface area contributed by atoms with Gasteiger partial charge < -0.3 is 5.32 Å². The molecule has 2 aromatic heterocycles. The smallest absolute Gasteiger partial charge is 0.259 e. The summed E-state index contributed by atoms with van der Waals surface area (Å²) in [6, 6.07) is 13.6. The molecule has 0 fully saturated rings. The molecule has 2 heterocycles. The molecule has 0 aliphatic rings. The van der Waals surface area contributed by atoms with E-state index in [1.807, 2.05) is 48.7 Å². The van der Waals surface area contributed by atoms with Crippen LogP contribution in [0.2, 0.25) is 0 Å². The number of nitrogens with zero attached hydrogens (tertiary/aromatic N) is 3. The van der Waals surface area contributed by atoms with E-state index in [0.717, 1.165) is 16.1 Å². The molecule has 0 aliphatic carbocycles. The molecule has 0 aliphatic heterocycles. The third-order valence-electron chi connectivity index (χ3n) is 3.52. The molecule has 0 saturated heterocycles. The van der Waals surface area contributed by atoms with Crippen LogP contribution < -0.4 is 5.32 Å². The van der Waals surface area contributed by atoms with Gasteiger partial charge in [-0.2, -0.15) is 10.4 Å². The number of carbonyl (C=O) groups is 1. The van der Waals surface area contributed by atoms with E-state index >= 15 is 0 Å². The molecular formula is C18H16N4OS. The van der Waals surface area contributed by atoms with Crippen molar-refractivity contribution >= 4 is 22.9 Å². The topological polar surface area (TPSA) is 70.7 Å². The van der Waals surface area contributed by atoms with Crippen molar-refractivity contribution in [2.24, 2.45) is 0 Å². The number of nitrogens with one attached hydrogen (secondary N) is 1. The molecule has 1 amide bonds. The van der Waals surface area contributed by atoms with E-state index in [1.165, 1.54) is 11.3 Å². The van der Waals surface area contributed by atoms with E-state index in [-0.39, 0.29) is 5.91 Å². The number of aryl methyl sites for hydroxylation is 2.